The largest absolute Gasteiger partial charge is 0.281 e. The molecule has 16 heavy (non-hydrogen) atoms. The van der Waals surface area contributed by atoms with Gasteiger partial charge in [-0.05, 0) is 12.3 Å². The number of hydrogen-bond acceptors (Lipinski definition) is 3. The van der Waals surface area contributed by atoms with Crippen molar-refractivity contribution in [2.75, 3.05) is 0 Å². The molecule has 0 aliphatic carbocycles. The zero-order valence-electron chi connectivity index (χ0n) is 9.32. The molecule has 0 N–H and O–H groups in total. The molecule has 0 aromatic carbocycles. The summed E-state index contributed by atoms with van der Waals surface area (Å²) in [6, 6.07) is 1.81. The van der Waals surface area contributed by atoms with Crippen molar-refractivity contribution in [3.63, 3.8) is 0 Å². The van der Waals surface area contributed by atoms with Gasteiger partial charge in [0.25, 0.3) is 6.43 Å². The van der Waals surface area contributed by atoms with Gasteiger partial charge in [0.05, 0.1) is 12.5 Å². The van der Waals surface area contributed by atoms with E-state index in [2.05, 4.69) is 10.3 Å². The summed E-state index contributed by atoms with van der Waals surface area (Å²) in [5.74, 6) is 0.411. The first-order chi connectivity index (χ1) is 7.56. The van der Waals surface area contributed by atoms with Crippen LogP contribution in [0, 0.1) is 17.2 Å². The van der Waals surface area contributed by atoms with Crippen molar-refractivity contribution in [2.24, 2.45) is 5.92 Å². The predicted molar refractivity (Wildman–Crippen MR) is 53.8 cm³/mol. The van der Waals surface area contributed by atoms with E-state index in [1.807, 2.05) is 19.9 Å². The van der Waals surface area contributed by atoms with Crippen LogP contribution in [0.2, 0.25) is 0 Å². The normalized spacial score (nSPS) is 11.1. The standard InChI is InChI=1S/C10H14F2N4/c1-7(2)4-6-16-9(10(11)12)8(3-5-13)14-15-16/h7,10H,3-4,6H2,1-2H3. The summed E-state index contributed by atoms with van der Waals surface area (Å²) in [5, 5.41) is 15.8. The summed E-state index contributed by atoms with van der Waals surface area (Å²) in [6.07, 6.45) is -2.00. The zero-order valence-corrected chi connectivity index (χ0v) is 9.32. The molecule has 0 spiro atoms. The third-order valence-corrected chi connectivity index (χ3v) is 2.22. The first-order valence-corrected chi connectivity index (χ1v) is 5.13. The predicted octanol–water partition coefficient (Wildman–Crippen LogP) is 2.33. The topological polar surface area (TPSA) is 54.5 Å². The highest BCUT2D eigenvalue weighted by molar-refractivity contribution is 5.15. The van der Waals surface area contributed by atoms with Crippen LogP contribution in [0.25, 0.3) is 0 Å². The number of nitriles is 1. The second kappa shape index (κ2) is 5.54. The average Bonchev–Trinajstić information content (AvgIpc) is 2.58. The molecule has 1 aromatic heterocycles. The van der Waals surface area contributed by atoms with E-state index in [0.717, 1.165) is 6.42 Å². The fourth-order valence-electron chi connectivity index (χ4n) is 1.34. The summed E-state index contributed by atoms with van der Waals surface area (Å²) in [6.45, 7) is 4.43. The van der Waals surface area contributed by atoms with Gasteiger partial charge in [-0.2, -0.15) is 5.26 Å². The van der Waals surface area contributed by atoms with Crippen molar-refractivity contribution in [2.45, 2.75) is 39.7 Å². The molecule has 6 heteroatoms. The minimum Gasteiger partial charge on any atom is -0.243 e. The molecular formula is C10H14F2N4. The van der Waals surface area contributed by atoms with Gasteiger partial charge in [-0.3, -0.25) is 0 Å². The van der Waals surface area contributed by atoms with Crippen molar-refractivity contribution in [3.8, 4) is 6.07 Å². The molecule has 1 aromatic rings. The van der Waals surface area contributed by atoms with Crippen LogP contribution < -0.4 is 0 Å². The SMILES string of the molecule is CC(C)CCn1nnc(CC#N)c1C(F)F. The highest BCUT2D eigenvalue weighted by Crippen LogP contribution is 2.22. The van der Waals surface area contributed by atoms with Gasteiger partial charge in [0.1, 0.15) is 11.4 Å². The second-order valence-corrected chi connectivity index (χ2v) is 3.96. The Hall–Kier alpha value is -1.51. The van der Waals surface area contributed by atoms with E-state index >= 15 is 0 Å². The maximum atomic E-state index is 12.8. The third-order valence-electron chi connectivity index (χ3n) is 2.22. The van der Waals surface area contributed by atoms with Gasteiger partial charge in [-0.15, -0.1) is 5.10 Å². The van der Waals surface area contributed by atoms with E-state index in [4.69, 9.17) is 5.26 Å². The van der Waals surface area contributed by atoms with Crippen molar-refractivity contribution < 1.29 is 8.78 Å². The molecule has 1 rings (SSSR count). The van der Waals surface area contributed by atoms with Crippen molar-refractivity contribution in [1.29, 1.82) is 5.26 Å². The average molecular weight is 228 g/mol. The van der Waals surface area contributed by atoms with E-state index < -0.39 is 6.43 Å². The van der Waals surface area contributed by atoms with Crippen LogP contribution in [0.5, 0.6) is 0 Å². The van der Waals surface area contributed by atoms with E-state index in [9.17, 15) is 8.78 Å². The van der Waals surface area contributed by atoms with Crippen LogP contribution in [0.1, 0.15) is 38.1 Å². The Bertz CT molecular complexity index is 379. The van der Waals surface area contributed by atoms with Gasteiger partial charge < -0.3 is 0 Å². The number of aromatic nitrogens is 3. The van der Waals surface area contributed by atoms with Gasteiger partial charge in [-0.25, -0.2) is 13.5 Å². The smallest absolute Gasteiger partial charge is 0.243 e. The Morgan fingerprint density at radius 3 is 2.62 bits per heavy atom. The summed E-state index contributed by atoms with van der Waals surface area (Å²) in [4.78, 5) is 0. The Balaban J connectivity index is 2.88. The number of aryl methyl sites for hydroxylation is 1. The van der Waals surface area contributed by atoms with Crippen LogP contribution in [0.4, 0.5) is 8.78 Å². The molecule has 0 saturated heterocycles. The Morgan fingerprint density at radius 1 is 1.44 bits per heavy atom. The summed E-state index contributed by atoms with van der Waals surface area (Å²) >= 11 is 0. The van der Waals surface area contributed by atoms with Crippen LogP contribution in [0.3, 0.4) is 0 Å². The minimum atomic E-state index is -2.63. The van der Waals surface area contributed by atoms with E-state index in [1.165, 1.54) is 4.68 Å². The molecule has 0 bridgehead atoms. The van der Waals surface area contributed by atoms with E-state index in [0.29, 0.717) is 12.5 Å². The van der Waals surface area contributed by atoms with Crippen molar-refractivity contribution in [1.82, 2.24) is 15.0 Å². The molecule has 0 aliphatic rings. The summed E-state index contributed by atoms with van der Waals surface area (Å²) in [7, 11) is 0. The molecule has 0 aliphatic heterocycles. The van der Waals surface area contributed by atoms with Gasteiger partial charge in [-0.1, -0.05) is 19.1 Å². The Labute approximate surface area is 92.9 Å². The van der Waals surface area contributed by atoms with Crippen molar-refractivity contribution >= 4 is 0 Å². The molecule has 88 valence electrons. The Kier molecular flexibility index (Phi) is 4.35. The molecule has 0 unspecified atom stereocenters. The minimum absolute atomic E-state index is 0.0845. The molecular weight excluding hydrogens is 214 g/mol. The number of alkyl halides is 2. The summed E-state index contributed by atoms with van der Waals surface area (Å²) in [5.41, 5.74) is -0.136. The van der Waals surface area contributed by atoms with Gasteiger partial charge in [0, 0.05) is 6.54 Å². The number of halogens is 2. The number of nitrogens with zero attached hydrogens (tertiary/aromatic N) is 4. The monoisotopic (exact) mass is 228 g/mol. The number of rotatable bonds is 5. The molecule has 4 nitrogen and oxygen atoms in total. The fraction of sp³-hybridized carbons (Fsp3) is 0.700. The molecule has 1 heterocycles. The van der Waals surface area contributed by atoms with Crippen molar-refractivity contribution in [3.05, 3.63) is 11.4 Å². The lowest BCUT2D eigenvalue weighted by atomic mass is 10.1. The van der Waals surface area contributed by atoms with Gasteiger partial charge >= 0.3 is 0 Å². The van der Waals surface area contributed by atoms with Gasteiger partial charge in [0.15, 0.2) is 0 Å². The Morgan fingerprint density at radius 2 is 2.12 bits per heavy atom. The first kappa shape index (κ1) is 12.6. The molecule has 0 radical (unpaired) electrons. The second-order valence-electron chi connectivity index (χ2n) is 3.96. The van der Waals surface area contributed by atoms with Crippen LogP contribution in [-0.4, -0.2) is 15.0 Å². The lowest BCUT2D eigenvalue weighted by Crippen LogP contribution is -2.08. The van der Waals surface area contributed by atoms with Crippen LogP contribution in [0.15, 0.2) is 0 Å². The third kappa shape index (κ3) is 2.99. The zero-order chi connectivity index (χ0) is 12.1. The molecule has 0 fully saturated rings. The highest BCUT2D eigenvalue weighted by Gasteiger charge is 2.21. The quantitative estimate of drug-likeness (QED) is 0.777. The highest BCUT2D eigenvalue weighted by atomic mass is 19.3. The molecule has 0 atom stereocenters. The fourth-order valence-corrected chi connectivity index (χ4v) is 1.34. The van der Waals surface area contributed by atoms with E-state index in [-0.39, 0.29) is 17.8 Å². The lowest BCUT2D eigenvalue weighted by Gasteiger charge is -2.07. The number of hydrogen-bond donors (Lipinski definition) is 0. The van der Waals surface area contributed by atoms with Crippen LogP contribution in [-0.2, 0) is 13.0 Å². The first-order valence-electron chi connectivity index (χ1n) is 5.13. The van der Waals surface area contributed by atoms with Gasteiger partial charge in [0.2, 0.25) is 0 Å². The molecule has 0 saturated carbocycles. The maximum absolute atomic E-state index is 12.8. The lowest BCUT2D eigenvalue weighted by molar-refractivity contribution is 0.137. The summed E-state index contributed by atoms with van der Waals surface area (Å²) < 4.78 is 26.7. The van der Waals surface area contributed by atoms with Crippen LogP contribution >= 0.6 is 0 Å². The molecule has 0 amide bonds. The van der Waals surface area contributed by atoms with E-state index in [1.54, 1.807) is 0 Å². The maximum Gasteiger partial charge on any atom is 0.281 e.